The fourth-order valence-corrected chi connectivity index (χ4v) is 2.28. The van der Waals surface area contributed by atoms with Crippen molar-refractivity contribution in [3.05, 3.63) is 46.0 Å². The first-order valence-corrected chi connectivity index (χ1v) is 6.78. The van der Waals surface area contributed by atoms with E-state index in [0.717, 1.165) is 0 Å². The van der Waals surface area contributed by atoms with Gasteiger partial charge in [-0.1, -0.05) is 42.8 Å². The van der Waals surface area contributed by atoms with Crippen LogP contribution in [0.25, 0.3) is 0 Å². The molecule has 0 bridgehead atoms. The van der Waals surface area contributed by atoms with Gasteiger partial charge < -0.3 is 4.74 Å². The van der Waals surface area contributed by atoms with Gasteiger partial charge in [-0.2, -0.15) is 0 Å². The van der Waals surface area contributed by atoms with Crippen LogP contribution in [-0.2, 0) is 11.3 Å². The smallest absolute Gasteiger partial charge is 0.360 e. The molecule has 0 amide bonds. The van der Waals surface area contributed by atoms with Gasteiger partial charge in [0.1, 0.15) is 5.82 Å². The molecule has 5 nitrogen and oxygen atoms in total. The van der Waals surface area contributed by atoms with E-state index in [0.29, 0.717) is 11.3 Å². The molecule has 1 aromatic carbocycles. The van der Waals surface area contributed by atoms with Crippen molar-refractivity contribution in [2.45, 2.75) is 26.3 Å². The van der Waals surface area contributed by atoms with Crippen LogP contribution in [0.4, 0.5) is 4.39 Å². The summed E-state index contributed by atoms with van der Waals surface area (Å²) in [5.74, 6) is -1.07. The van der Waals surface area contributed by atoms with E-state index in [1.807, 2.05) is 13.8 Å². The normalized spacial score (nSPS) is 11.0. The second-order valence-corrected chi connectivity index (χ2v) is 5.25. The Balaban J connectivity index is 2.43. The number of hydrogen-bond acceptors (Lipinski definition) is 4. The SMILES string of the molecule is COC(=O)c1nnn(Cc2cccc(Cl)c2F)c1C(C)C. The molecule has 2 rings (SSSR count). The number of benzene rings is 1. The first-order chi connectivity index (χ1) is 9.95. The zero-order chi connectivity index (χ0) is 15.6. The molecule has 0 saturated carbocycles. The fraction of sp³-hybridized carbons (Fsp3) is 0.357. The average molecular weight is 312 g/mol. The number of methoxy groups -OCH3 is 1. The minimum Gasteiger partial charge on any atom is -0.464 e. The van der Waals surface area contributed by atoms with E-state index in [1.165, 1.54) is 17.9 Å². The van der Waals surface area contributed by atoms with Crippen LogP contribution >= 0.6 is 11.6 Å². The second-order valence-electron chi connectivity index (χ2n) is 4.84. The molecule has 7 heteroatoms. The van der Waals surface area contributed by atoms with Crippen molar-refractivity contribution in [1.82, 2.24) is 15.0 Å². The first-order valence-electron chi connectivity index (χ1n) is 6.40. The molecule has 112 valence electrons. The summed E-state index contributed by atoms with van der Waals surface area (Å²) in [6.45, 7) is 3.94. The Morgan fingerprint density at radius 2 is 2.19 bits per heavy atom. The van der Waals surface area contributed by atoms with Crippen LogP contribution in [0.3, 0.4) is 0 Å². The van der Waals surface area contributed by atoms with Crippen LogP contribution < -0.4 is 0 Å². The van der Waals surface area contributed by atoms with Crippen molar-refractivity contribution in [3.63, 3.8) is 0 Å². The molecule has 1 heterocycles. The molecule has 0 unspecified atom stereocenters. The van der Waals surface area contributed by atoms with Gasteiger partial charge in [0.15, 0.2) is 5.69 Å². The van der Waals surface area contributed by atoms with Crippen molar-refractivity contribution < 1.29 is 13.9 Å². The number of nitrogens with zero attached hydrogens (tertiary/aromatic N) is 3. The maximum atomic E-state index is 14.0. The largest absolute Gasteiger partial charge is 0.464 e. The van der Waals surface area contributed by atoms with Gasteiger partial charge in [0.25, 0.3) is 0 Å². The van der Waals surface area contributed by atoms with Crippen LogP contribution in [0.1, 0.15) is 41.5 Å². The van der Waals surface area contributed by atoms with Crippen molar-refractivity contribution in [1.29, 1.82) is 0 Å². The number of halogens is 2. The quantitative estimate of drug-likeness (QED) is 0.814. The minimum atomic E-state index is -0.559. The highest BCUT2D eigenvalue weighted by molar-refractivity contribution is 6.30. The number of carbonyl (C=O) groups is 1. The third-order valence-electron chi connectivity index (χ3n) is 3.05. The summed E-state index contributed by atoms with van der Waals surface area (Å²) >= 11 is 5.77. The van der Waals surface area contributed by atoms with E-state index >= 15 is 0 Å². The molecule has 0 N–H and O–H groups in total. The highest BCUT2D eigenvalue weighted by Gasteiger charge is 2.23. The molecule has 0 atom stereocenters. The summed E-state index contributed by atoms with van der Waals surface area (Å²) in [6, 6.07) is 4.75. The Hall–Kier alpha value is -1.95. The molecule has 0 aliphatic heterocycles. The lowest BCUT2D eigenvalue weighted by molar-refractivity contribution is 0.0592. The van der Waals surface area contributed by atoms with Crippen LogP contribution in [0.2, 0.25) is 5.02 Å². The molecule has 0 radical (unpaired) electrons. The second kappa shape index (κ2) is 6.22. The fourth-order valence-electron chi connectivity index (χ4n) is 2.08. The van der Waals surface area contributed by atoms with E-state index < -0.39 is 11.8 Å². The molecule has 0 aliphatic carbocycles. The number of aromatic nitrogens is 3. The molecule has 0 saturated heterocycles. The van der Waals surface area contributed by atoms with E-state index in [1.54, 1.807) is 12.1 Å². The molecule has 21 heavy (non-hydrogen) atoms. The third kappa shape index (κ3) is 3.05. The van der Waals surface area contributed by atoms with Gasteiger partial charge in [0, 0.05) is 5.56 Å². The number of esters is 1. The standard InChI is InChI=1S/C14H15ClFN3O2/c1-8(2)13-12(14(20)21-3)17-18-19(13)7-9-5-4-6-10(15)11(9)16/h4-6,8H,7H2,1-3H3. The van der Waals surface area contributed by atoms with E-state index in [2.05, 4.69) is 15.0 Å². The lowest BCUT2D eigenvalue weighted by atomic mass is 10.1. The summed E-state index contributed by atoms with van der Waals surface area (Å²) in [6.07, 6.45) is 0. The molecule has 2 aromatic rings. The van der Waals surface area contributed by atoms with E-state index in [-0.39, 0.29) is 23.2 Å². The highest BCUT2D eigenvalue weighted by Crippen LogP contribution is 2.22. The first kappa shape index (κ1) is 15.4. The van der Waals surface area contributed by atoms with E-state index in [9.17, 15) is 9.18 Å². The van der Waals surface area contributed by atoms with Crippen molar-refractivity contribution in [2.24, 2.45) is 0 Å². The number of rotatable bonds is 4. The molecule has 0 fully saturated rings. The molecule has 0 aliphatic rings. The van der Waals surface area contributed by atoms with Gasteiger partial charge in [0.05, 0.1) is 24.4 Å². The Morgan fingerprint density at radius 1 is 1.48 bits per heavy atom. The van der Waals surface area contributed by atoms with Gasteiger partial charge in [0.2, 0.25) is 0 Å². The van der Waals surface area contributed by atoms with Crippen molar-refractivity contribution in [2.75, 3.05) is 7.11 Å². The van der Waals surface area contributed by atoms with Crippen LogP contribution in [-0.4, -0.2) is 28.1 Å². The monoisotopic (exact) mass is 311 g/mol. The third-order valence-corrected chi connectivity index (χ3v) is 3.34. The summed E-state index contributed by atoms with van der Waals surface area (Å²) in [5, 5.41) is 7.82. The Bertz CT molecular complexity index is 670. The molecule has 1 aromatic heterocycles. The zero-order valence-corrected chi connectivity index (χ0v) is 12.7. The lowest BCUT2D eigenvalue weighted by Crippen LogP contribution is -2.12. The zero-order valence-electron chi connectivity index (χ0n) is 11.9. The average Bonchev–Trinajstić information content (AvgIpc) is 2.87. The summed E-state index contributed by atoms with van der Waals surface area (Å²) in [4.78, 5) is 11.7. The number of hydrogen-bond donors (Lipinski definition) is 0. The number of ether oxygens (including phenoxy) is 1. The Morgan fingerprint density at radius 3 is 2.81 bits per heavy atom. The van der Waals surface area contributed by atoms with E-state index in [4.69, 9.17) is 11.6 Å². The molecule has 0 spiro atoms. The van der Waals surface area contributed by atoms with Crippen molar-refractivity contribution >= 4 is 17.6 Å². The minimum absolute atomic E-state index is 0.0173. The van der Waals surface area contributed by atoms with Gasteiger partial charge in [-0.3, -0.25) is 0 Å². The summed E-state index contributed by atoms with van der Waals surface area (Å²) < 4.78 is 20.1. The predicted octanol–water partition coefficient (Wildman–Crippen LogP) is 3.03. The van der Waals surface area contributed by atoms with Gasteiger partial charge in [-0.15, -0.1) is 5.10 Å². The Kier molecular flexibility index (Phi) is 4.57. The molecular formula is C14H15ClFN3O2. The number of carbonyl (C=O) groups excluding carboxylic acids is 1. The van der Waals surface area contributed by atoms with Crippen molar-refractivity contribution in [3.8, 4) is 0 Å². The molecular weight excluding hydrogens is 297 g/mol. The predicted molar refractivity (Wildman–Crippen MR) is 76.0 cm³/mol. The highest BCUT2D eigenvalue weighted by atomic mass is 35.5. The summed E-state index contributed by atoms with van der Waals surface area (Å²) in [5.41, 5.74) is 1.13. The van der Waals surface area contributed by atoms with Crippen LogP contribution in [0.15, 0.2) is 18.2 Å². The van der Waals surface area contributed by atoms with Gasteiger partial charge >= 0.3 is 5.97 Å². The maximum Gasteiger partial charge on any atom is 0.360 e. The van der Waals surface area contributed by atoms with Crippen LogP contribution in [0, 0.1) is 5.82 Å². The van der Waals surface area contributed by atoms with Crippen LogP contribution in [0.5, 0.6) is 0 Å². The van der Waals surface area contributed by atoms with Gasteiger partial charge in [-0.25, -0.2) is 13.9 Å². The summed E-state index contributed by atoms with van der Waals surface area (Å²) in [7, 11) is 1.28. The van der Waals surface area contributed by atoms with Gasteiger partial charge in [-0.05, 0) is 12.0 Å². The Labute approximate surface area is 126 Å². The topological polar surface area (TPSA) is 57.0 Å². The lowest BCUT2D eigenvalue weighted by Gasteiger charge is -2.11. The maximum absolute atomic E-state index is 14.0.